The molecule has 32 heavy (non-hydrogen) atoms. The zero-order chi connectivity index (χ0) is 21.9. The van der Waals surface area contributed by atoms with Crippen LogP contribution in [0, 0.1) is 0 Å². The Morgan fingerprint density at radius 2 is 2.00 bits per heavy atom. The minimum atomic E-state index is -0.262. The SMILES string of the molecule is COc1ccc(N2CC(COc3ccc(-n4ccnc4)c4cccnc34)OCC2=O)cc1. The number of imidazole rings is 1. The number of hydrogen-bond donors (Lipinski definition) is 0. The van der Waals surface area contributed by atoms with Crippen LogP contribution in [0.4, 0.5) is 5.69 Å². The Bertz CT molecular complexity index is 1220. The molecule has 0 N–H and O–H groups in total. The molecule has 1 amide bonds. The zero-order valence-electron chi connectivity index (χ0n) is 17.5. The molecule has 4 aromatic rings. The van der Waals surface area contributed by atoms with Crippen molar-refractivity contribution in [1.29, 1.82) is 0 Å². The second kappa shape index (κ2) is 8.68. The molecule has 5 rings (SSSR count). The Balaban J connectivity index is 1.33. The van der Waals surface area contributed by atoms with Gasteiger partial charge in [-0.1, -0.05) is 0 Å². The first-order valence-electron chi connectivity index (χ1n) is 10.3. The summed E-state index contributed by atoms with van der Waals surface area (Å²) < 4.78 is 19.0. The number of methoxy groups -OCH3 is 1. The van der Waals surface area contributed by atoms with Crippen molar-refractivity contribution >= 4 is 22.5 Å². The molecule has 8 nitrogen and oxygen atoms in total. The monoisotopic (exact) mass is 430 g/mol. The molecular formula is C24H22N4O4. The number of nitrogens with zero attached hydrogens (tertiary/aromatic N) is 4. The topological polar surface area (TPSA) is 78.7 Å². The van der Waals surface area contributed by atoms with Crippen molar-refractivity contribution in [1.82, 2.24) is 14.5 Å². The highest BCUT2D eigenvalue weighted by molar-refractivity contribution is 5.95. The largest absolute Gasteiger partial charge is 0.497 e. The molecule has 1 fully saturated rings. The fraction of sp³-hybridized carbons (Fsp3) is 0.208. The van der Waals surface area contributed by atoms with Crippen molar-refractivity contribution in [2.45, 2.75) is 6.10 Å². The number of carbonyl (C=O) groups is 1. The number of ether oxygens (including phenoxy) is 3. The lowest BCUT2D eigenvalue weighted by Gasteiger charge is -2.32. The molecule has 0 aliphatic carbocycles. The van der Waals surface area contributed by atoms with Gasteiger partial charge in [-0.15, -0.1) is 0 Å². The molecule has 1 atom stereocenters. The van der Waals surface area contributed by atoms with E-state index in [0.29, 0.717) is 18.9 Å². The summed E-state index contributed by atoms with van der Waals surface area (Å²) in [5, 5.41) is 0.961. The summed E-state index contributed by atoms with van der Waals surface area (Å²) in [6, 6.07) is 15.2. The summed E-state index contributed by atoms with van der Waals surface area (Å²) in [6.07, 6.45) is 6.87. The van der Waals surface area contributed by atoms with Gasteiger partial charge in [0.05, 0.1) is 25.7 Å². The van der Waals surface area contributed by atoms with Gasteiger partial charge in [0.15, 0.2) is 0 Å². The Kier molecular flexibility index (Phi) is 5.43. The van der Waals surface area contributed by atoms with E-state index in [2.05, 4.69) is 9.97 Å². The van der Waals surface area contributed by atoms with E-state index < -0.39 is 0 Å². The second-order valence-corrected chi connectivity index (χ2v) is 7.40. The van der Waals surface area contributed by atoms with E-state index >= 15 is 0 Å². The number of amides is 1. The van der Waals surface area contributed by atoms with Crippen LogP contribution in [0.25, 0.3) is 16.6 Å². The van der Waals surface area contributed by atoms with E-state index in [1.807, 2.05) is 59.3 Å². The molecule has 0 bridgehead atoms. The molecule has 0 saturated carbocycles. The van der Waals surface area contributed by atoms with Crippen LogP contribution in [0.1, 0.15) is 0 Å². The average Bonchev–Trinajstić information content (AvgIpc) is 3.38. The number of hydrogen-bond acceptors (Lipinski definition) is 6. The Hall–Kier alpha value is -3.91. The van der Waals surface area contributed by atoms with Gasteiger partial charge in [0.1, 0.15) is 36.3 Å². The predicted molar refractivity (Wildman–Crippen MR) is 119 cm³/mol. The zero-order valence-corrected chi connectivity index (χ0v) is 17.5. The Morgan fingerprint density at radius 1 is 1.12 bits per heavy atom. The summed E-state index contributed by atoms with van der Waals surface area (Å²) >= 11 is 0. The van der Waals surface area contributed by atoms with Crippen molar-refractivity contribution < 1.29 is 19.0 Å². The highest BCUT2D eigenvalue weighted by Gasteiger charge is 2.28. The maximum Gasteiger partial charge on any atom is 0.253 e. The quantitative estimate of drug-likeness (QED) is 0.467. The van der Waals surface area contributed by atoms with Crippen LogP contribution in [-0.4, -0.2) is 53.4 Å². The summed E-state index contributed by atoms with van der Waals surface area (Å²) in [5.74, 6) is 1.33. The third kappa shape index (κ3) is 3.88. The third-order valence-electron chi connectivity index (χ3n) is 5.43. The van der Waals surface area contributed by atoms with Crippen LogP contribution >= 0.6 is 0 Å². The number of rotatable bonds is 6. The van der Waals surface area contributed by atoms with Gasteiger partial charge in [0, 0.05) is 29.7 Å². The summed E-state index contributed by atoms with van der Waals surface area (Å²) in [7, 11) is 1.61. The molecule has 162 valence electrons. The third-order valence-corrected chi connectivity index (χ3v) is 5.43. The number of fused-ring (bicyclic) bond motifs is 1. The molecule has 1 unspecified atom stereocenters. The normalized spacial score (nSPS) is 16.3. The fourth-order valence-electron chi connectivity index (χ4n) is 3.80. The lowest BCUT2D eigenvalue weighted by molar-refractivity contribution is -0.130. The van der Waals surface area contributed by atoms with Crippen molar-refractivity contribution in [2.75, 3.05) is 31.8 Å². The molecule has 1 aliphatic heterocycles. The van der Waals surface area contributed by atoms with Gasteiger partial charge in [0.2, 0.25) is 0 Å². The van der Waals surface area contributed by atoms with Crippen molar-refractivity contribution in [2.24, 2.45) is 0 Å². The fourth-order valence-corrected chi connectivity index (χ4v) is 3.80. The molecule has 1 aliphatic rings. The van der Waals surface area contributed by atoms with Gasteiger partial charge in [-0.05, 0) is 48.5 Å². The first-order valence-corrected chi connectivity index (χ1v) is 10.3. The van der Waals surface area contributed by atoms with Crippen LogP contribution < -0.4 is 14.4 Å². The van der Waals surface area contributed by atoms with E-state index in [-0.39, 0.29) is 18.6 Å². The van der Waals surface area contributed by atoms with E-state index in [0.717, 1.165) is 28.0 Å². The standard InChI is InChI=1S/C24H22N4O4/c1-30-18-6-4-17(5-7-18)28-13-19(31-15-23(28)29)14-32-22-9-8-21(27-12-11-25-16-27)20-3-2-10-26-24(20)22/h2-12,16,19H,13-15H2,1H3. The molecule has 2 aromatic carbocycles. The van der Waals surface area contributed by atoms with Crippen LogP contribution in [0.2, 0.25) is 0 Å². The maximum absolute atomic E-state index is 12.4. The minimum absolute atomic E-state index is 0.0125. The van der Waals surface area contributed by atoms with Gasteiger partial charge < -0.3 is 23.7 Å². The van der Waals surface area contributed by atoms with Gasteiger partial charge in [-0.25, -0.2) is 4.98 Å². The molecule has 0 spiro atoms. The van der Waals surface area contributed by atoms with E-state index in [4.69, 9.17) is 14.2 Å². The maximum atomic E-state index is 12.4. The summed E-state index contributed by atoms with van der Waals surface area (Å²) in [6.45, 7) is 0.721. The Morgan fingerprint density at radius 3 is 2.78 bits per heavy atom. The van der Waals surface area contributed by atoms with Gasteiger partial charge in [-0.3, -0.25) is 9.78 Å². The van der Waals surface area contributed by atoms with E-state index in [1.54, 1.807) is 30.7 Å². The first-order chi connectivity index (χ1) is 15.7. The first kappa shape index (κ1) is 20.0. The highest BCUT2D eigenvalue weighted by atomic mass is 16.5. The summed E-state index contributed by atoms with van der Waals surface area (Å²) in [5.41, 5.74) is 2.54. The van der Waals surface area contributed by atoms with Crippen LogP contribution in [-0.2, 0) is 9.53 Å². The molecule has 0 radical (unpaired) electrons. The van der Waals surface area contributed by atoms with Crippen molar-refractivity contribution in [3.63, 3.8) is 0 Å². The van der Waals surface area contributed by atoms with E-state index in [1.165, 1.54) is 0 Å². The van der Waals surface area contributed by atoms with Crippen molar-refractivity contribution in [3.05, 3.63) is 73.4 Å². The number of anilines is 1. The lowest BCUT2D eigenvalue weighted by atomic mass is 10.1. The van der Waals surface area contributed by atoms with Crippen LogP contribution in [0.3, 0.4) is 0 Å². The number of aromatic nitrogens is 3. The van der Waals surface area contributed by atoms with Gasteiger partial charge >= 0.3 is 0 Å². The van der Waals surface area contributed by atoms with Crippen LogP contribution in [0.15, 0.2) is 73.4 Å². The van der Waals surface area contributed by atoms with Gasteiger partial charge in [0.25, 0.3) is 5.91 Å². The molecule has 2 aromatic heterocycles. The number of morpholine rings is 1. The smallest absolute Gasteiger partial charge is 0.253 e. The number of carbonyl (C=O) groups excluding carboxylic acids is 1. The van der Waals surface area contributed by atoms with E-state index in [9.17, 15) is 4.79 Å². The van der Waals surface area contributed by atoms with Crippen molar-refractivity contribution in [3.8, 4) is 17.2 Å². The summed E-state index contributed by atoms with van der Waals surface area (Å²) in [4.78, 5) is 22.8. The molecule has 1 saturated heterocycles. The van der Waals surface area contributed by atoms with Gasteiger partial charge in [-0.2, -0.15) is 0 Å². The minimum Gasteiger partial charge on any atom is -0.497 e. The molecule has 8 heteroatoms. The van der Waals surface area contributed by atoms with Crippen LogP contribution in [0.5, 0.6) is 11.5 Å². The second-order valence-electron chi connectivity index (χ2n) is 7.40. The molecular weight excluding hydrogens is 408 g/mol. The lowest BCUT2D eigenvalue weighted by Crippen LogP contribution is -2.48. The number of benzene rings is 2. The average molecular weight is 430 g/mol. The molecule has 3 heterocycles. The number of pyridine rings is 1. The predicted octanol–water partition coefficient (Wildman–Crippen LogP) is 3.24. The Labute approximate surface area is 185 Å². The highest BCUT2D eigenvalue weighted by Crippen LogP contribution is 2.29.